The third kappa shape index (κ3) is 6.20. The minimum absolute atomic E-state index is 0.157. The largest absolute Gasteiger partial charge is 0.480 e. The molecule has 0 saturated carbocycles. The molecule has 0 heterocycles. The molecule has 0 aromatic rings. The van der Waals surface area contributed by atoms with E-state index >= 15 is 0 Å². The monoisotopic (exact) mass is 299 g/mol. The van der Waals surface area contributed by atoms with Crippen LogP contribution in [0.2, 0.25) is 0 Å². The molecule has 6 nitrogen and oxygen atoms in total. The van der Waals surface area contributed by atoms with Crippen LogP contribution in [0, 0.1) is 0 Å². The van der Waals surface area contributed by atoms with Crippen LogP contribution in [0.4, 0.5) is 0 Å². The van der Waals surface area contributed by atoms with Crippen molar-refractivity contribution in [1.82, 2.24) is 5.32 Å². The van der Waals surface area contributed by atoms with Crippen molar-refractivity contribution in [3.8, 4) is 0 Å². The maximum atomic E-state index is 12.1. The maximum absolute atomic E-state index is 12.1. The number of carbonyl (C=O) groups is 1. The van der Waals surface area contributed by atoms with Crippen molar-refractivity contribution < 1.29 is 23.5 Å². The second kappa shape index (κ2) is 7.50. The first kappa shape index (κ1) is 17.9. The second-order valence-electron chi connectivity index (χ2n) is 4.23. The van der Waals surface area contributed by atoms with Crippen molar-refractivity contribution in [3.63, 3.8) is 0 Å². The van der Waals surface area contributed by atoms with E-state index in [9.17, 15) is 9.36 Å². The first-order chi connectivity index (χ1) is 8.16. The van der Waals surface area contributed by atoms with Gasteiger partial charge in [-0.2, -0.15) is 12.6 Å². The van der Waals surface area contributed by atoms with Crippen LogP contribution >= 0.6 is 20.2 Å². The molecule has 1 atom stereocenters. The lowest BCUT2D eigenvalue weighted by Crippen LogP contribution is -2.49. The molecule has 0 aliphatic heterocycles. The van der Waals surface area contributed by atoms with Gasteiger partial charge in [-0.1, -0.05) is 0 Å². The molecule has 0 amide bonds. The number of thiol groups is 1. The summed E-state index contributed by atoms with van der Waals surface area (Å²) >= 11 is 4.21. The number of nitrogens with one attached hydrogen (secondary N) is 1. The molecule has 0 saturated heterocycles. The van der Waals surface area contributed by atoms with Crippen LogP contribution in [0.15, 0.2) is 0 Å². The van der Waals surface area contributed by atoms with Crippen molar-refractivity contribution in [1.29, 1.82) is 0 Å². The molecule has 18 heavy (non-hydrogen) atoms. The molecule has 0 spiro atoms. The quantitative estimate of drug-likeness (QED) is 0.446. The van der Waals surface area contributed by atoms with Gasteiger partial charge in [0, 0.05) is 4.75 Å². The van der Waals surface area contributed by atoms with E-state index in [1.807, 2.05) is 0 Å². The molecule has 0 rings (SSSR count). The number of hydrogen-bond donors (Lipinski definition) is 3. The average molecular weight is 299 g/mol. The van der Waals surface area contributed by atoms with Gasteiger partial charge in [-0.3, -0.25) is 14.7 Å². The third-order valence-corrected chi connectivity index (χ3v) is 4.23. The molecule has 0 radical (unpaired) electrons. The van der Waals surface area contributed by atoms with Crippen LogP contribution in [0.25, 0.3) is 0 Å². The van der Waals surface area contributed by atoms with Gasteiger partial charge in [-0.25, -0.2) is 0 Å². The van der Waals surface area contributed by atoms with E-state index in [1.165, 1.54) is 0 Å². The zero-order valence-electron chi connectivity index (χ0n) is 11.2. The van der Waals surface area contributed by atoms with Crippen molar-refractivity contribution in [3.05, 3.63) is 0 Å². The fourth-order valence-electron chi connectivity index (χ4n) is 1.36. The molecular weight excluding hydrogens is 277 g/mol. The predicted octanol–water partition coefficient (Wildman–Crippen LogP) is 1.96. The topological polar surface area (TPSA) is 84.9 Å². The molecule has 0 unspecified atom stereocenters. The predicted molar refractivity (Wildman–Crippen MR) is 73.4 cm³/mol. The zero-order valence-corrected chi connectivity index (χ0v) is 13.0. The van der Waals surface area contributed by atoms with E-state index in [2.05, 4.69) is 17.9 Å². The lowest BCUT2D eigenvalue weighted by atomic mass is 10.0. The maximum Gasteiger partial charge on any atom is 0.344 e. The normalized spacial score (nSPS) is 14.5. The van der Waals surface area contributed by atoms with E-state index in [4.69, 9.17) is 14.2 Å². The highest BCUT2D eigenvalue weighted by Gasteiger charge is 2.34. The summed E-state index contributed by atoms with van der Waals surface area (Å²) in [6.07, 6.45) is -0.157. The molecule has 0 bridgehead atoms. The zero-order chi connectivity index (χ0) is 14.4. The standard InChI is InChI=1S/C10H22NO5PS/c1-5-15-17(14,16-6-2)7-11-8(9(12)13)10(3,4)18/h8,11,18H,5-7H2,1-4H3,(H,12,13)/t8-/m1/s1. The first-order valence-corrected chi connectivity index (χ1v) is 7.90. The van der Waals surface area contributed by atoms with Gasteiger partial charge in [0.2, 0.25) is 0 Å². The van der Waals surface area contributed by atoms with Gasteiger partial charge in [0.1, 0.15) is 6.04 Å². The number of hydrogen-bond acceptors (Lipinski definition) is 6. The first-order valence-electron chi connectivity index (χ1n) is 5.73. The van der Waals surface area contributed by atoms with Crippen LogP contribution in [0.3, 0.4) is 0 Å². The van der Waals surface area contributed by atoms with Gasteiger partial charge in [-0.15, -0.1) is 0 Å². The van der Waals surface area contributed by atoms with E-state index in [0.717, 1.165) is 0 Å². The fraction of sp³-hybridized carbons (Fsp3) is 0.900. The molecule has 8 heteroatoms. The van der Waals surface area contributed by atoms with E-state index < -0.39 is 24.4 Å². The Bertz CT molecular complexity index is 308. The summed E-state index contributed by atoms with van der Waals surface area (Å²) in [5.74, 6) is -1.06. The van der Waals surface area contributed by atoms with Gasteiger partial charge in [0.05, 0.1) is 19.5 Å². The Morgan fingerprint density at radius 1 is 1.39 bits per heavy atom. The Kier molecular flexibility index (Phi) is 7.47. The lowest BCUT2D eigenvalue weighted by Gasteiger charge is -2.28. The summed E-state index contributed by atoms with van der Waals surface area (Å²) in [6.45, 7) is 7.19. The van der Waals surface area contributed by atoms with Crippen molar-refractivity contribution in [2.24, 2.45) is 0 Å². The molecule has 0 aliphatic carbocycles. The third-order valence-electron chi connectivity index (χ3n) is 2.09. The van der Waals surface area contributed by atoms with E-state index in [0.29, 0.717) is 0 Å². The van der Waals surface area contributed by atoms with Crippen LogP contribution in [0.5, 0.6) is 0 Å². The summed E-state index contributed by atoms with van der Waals surface area (Å²) in [5, 5.41) is 11.8. The highest BCUT2D eigenvalue weighted by molar-refractivity contribution is 7.81. The second-order valence-corrected chi connectivity index (χ2v) is 7.44. The molecule has 0 aromatic heterocycles. The van der Waals surface area contributed by atoms with Gasteiger partial charge < -0.3 is 14.2 Å². The molecular formula is C10H22NO5PS. The molecule has 0 aromatic carbocycles. The highest BCUT2D eigenvalue weighted by atomic mass is 32.1. The SMILES string of the molecule is CCOP(=O)(CN[C@H](C(=O)O)C(C)(C)S)OCC. The Balaban J connectivity index is 4.67. The van der Waals surface area contributed by atoms with Crippen LogP contribution in [-0.4, -0.2) is 41.4 Å². The fourth-order valence-corrected chi connectivity index (χ4v) is 3.02. The minimum atomic E-state index is -3.29. The van der Waals surface area contributed by atoms with Gasteiger partial charge in [0.25, 0.3) is 0 Å². The average Bonchev–Trinajstić information content (AvgIpc) is 2.15. The van der Waals surface area contributed by atoms with E-state index in [1.54, 1.807) is 27.7 Å². The Morgan fingerprint density at radius 3 is 2.11 bits per heavy atom. The van der Waals surface area contributed by atoms with E-state index in [-0.39, 0.29) is 19.5 Å². The number of carboxylic acid groups (broad SMARTS) is 1. The van der Waals surface area contributed by atoms with Crippen molar-refractivity contribution in [2.45, 2.75) is 38.5 Å². The number of carboxylic acids is 1. The molecule has 2 N–H and O–H groups in total. The van der Waals surface area contributed by atoms with Crippen LogP contribution < -0.4 is 5.32 Å². The minimum Gasteiger partial charge on any atom is -0.480 e. The van der Waals surface area contributed by atoms with Gasteiger partial charge >= 0.3 is 13.6 Å². The van der Waals surface area contributed by atoms with Crippen LogP contribution in [-0.2, 0) is 18.4 Å². The molecule has 0 aliphatic rings. The van der Waals surface area contributed by atoms with Crippen LogP contribution in [0.1, 0.15) is 27.7 Å². The highest BCUT2D eigenvalue weighted by Crippen LogP contribution is 2.46. The number of aliphatic carboxylic acids is 1. The number of rotatable bonds is 9. The van der Waals surface area contributed by atoms with Gasteiger partial charge in [0.15, 0.2) is 0 Å². The molecule has 0 fully saturated rings. The summed E-state index contributed by atoms with van der Waals surface area (Å²) in [6, 6.07) is -0.949. The Labute approximate surface area is 113 Å². The van der Waals surface area contributed by atoms with Crippen molar-refractivity contribution in [2.75, 3.05) is 19.5 Å². The van der Waals surface area contributed by atoms with Gasteiger partial charge in [-0.05, 0) is 27.7 Å². The molecule has 108 valence electrons. The Hall–Kier alpha value is -0.0700. The summed E-state index contributed by atoms with van der Waals surface area (Å²) in [5.41, 5.74) is 0. The Morgan fingerprint density at radius 2 is 1.83 bits per heavy atom. The summed E-state index contributed by atoms with van der Waals surface area (Å²) < 4.78 is 21.5. The summed E-state index contributed by atoms with van der Waals surface area (Å²) in [7, 11) is -3.29. The smallest absolute Gasteiger partial charge is 0.344 e. The van der Waals surface area contributed by atoms with Crippen molar-refractivity contribution >= 4 is 26.2 Å². The summed E-state index contributed by atoms with van der Waals surface area (Å²) in [4.78, 5) is 11.1. The lowest BCUT2D eigenvalue weighted by molar-refractivity contribution is -0.140.